The highest BCUT2D eigenvalue weighted by molar-refractivity contribution is 8.76. The standard InChI is InChI=1S/C53H73ClN18O20S3/c1-26-5-3-6-28(54)43(26)70-48(85)35-23-60-52(95-35)69-36-22-37(62-27(2)61-36)72-15-13-71(14-16-72)12-11-59-53(90)91-17-18-93-94-25-34(50(88)89)68-47(84)33(21-42(79)80)67-46(83)32(20-41(77)78)66-44(81)29(7-4-10-58-51(55)56)65-45(82)31(19-40(75)76)64-38(73)9-8-30(49(86)87)63-39(74)24-92-57/h3,5-6,22-23,29-34H,4,7-21,24-25,57H2,1-2H3,(H,59,90)(H,63,74)(H,64,73)(H,65,82)(H,66,81)(H,67,83)(H,68,84)(H,70,85)(H,75,76)(H,77,78)(H,79,80)(H,86,87)(H,88,89)(H4,55,56,58)(H,60,61,62,69)/t29-,30-,31-,32-,33-,34-/m0/s1. The van der Waals surface area contributed by atoms with Gasteiger partial charge in [-0.25, -0.2) is 35.2 Å². The Morgan fingerprint density at radius 2 is 1.31 bits per heavy atom. The van der Waals surface area contributed by atoms with Crippen molar-refractivity contribution in [2.75, 3.05) is 86.1 Å². The highest BCUT2D eigenvalue weighted by Gasteiger charge is 2.35. The second-order valence-electron chi connectivity index (χ2n) is 20.5. The number of anilines is 4. The van der Waals surface area contributed by atoms with Crippen molar-refractivity contribution >= 4 is 150 Å². The Balaban J connectivity index is 1.24. The van der Waals surface area contributed by atoms with Crippen LogP contribution >= 0.6 is 44.5 Å². The first kappa shape index (κ1) is 78.0. The number of nitrogens with one attached hydrogen (secondary N) is 9. The topological polar surface area (TPSA) is 585 Å². The number of alkyl carbamates (subject to hydrolysis) is 1. The zero-order valence-electron chi connectivity index (χ0n) is 51.0. The maximum absolute atomic E-state index is 13.8. The van der Waals surface area contributed by atoms with Crippen molar-refractivity contribution in [3.8, 4) is 0 Å². The lowest BCUT2D eigenvalue weighted by Gasteiger charge is -2.35. The van der Waals surface area contributed by atoms with Crippen LogP contribution < -0.4 is 70.1 Å². The Bertz CT molecular complexity index is 3250. The first-order chi connectivity index (χ1) is 45.0. The fourth-order valence-corrected chi connectivity index (χ4v) is 11.5. The van der Waals surface area contributed by atoms with Gasteiger partial charge in [0, 0.05) is 69.8 Å². The van der Waals surface area contributed by atoms with Crippen LogP contribution in [0.2, 0.25) is 5.02 Å². The van der Waals surface area contributed by atoms with Crippen LogP contribution in [0, 0.1) is 13.8 Å². The van der Waals surface area contributed by atoms with E-state index in [2.05, 4.69) is 71.8 Å². The number of piperazine rings is 1. The molecule has 3 aromatic rings. The molecular formula is C53H73ClN18O20S3. The first-order valence-corrected chi connectivity index (χ1v) is 32.3. The largest absolute Gasteiger partial charge is 0.481 e. The van der Waals surface area contributed by atoms with E-state index in [4.69, 9.17) is 33.7 Å². The molecule has 0 radical (unpaired) electrons. The number of carboxylic acids is 5. The average Bonchev–Trinajstić information content (AvgIpc) is 1.18. The first-order valence-electron chi connectivity index (χ1n) is 28.6. The quantitative estimate of drug-likeness (QED) is 0.00930. The van der Waals surface area contributed by atoms with E-state index in [1.165, 1.54) is 6.20 Å². The number of halogens is 1. The van der Waals surface area contributed by atoms with E-state index >= 15 is 0 Å². The number of hydrogen-bond acceptors (Lipinski definition) is 26. The number of carboxylic acid groups (broad SMARTS) is 5. The number of aliphatic carboxylic acids is 5. The number of hydrogen-bond donors (Lipinski definition) is 17. The summed E-state index contributed by atoms with van der Waals surface area (Å²) in [6.07, 6.45) is -4.62. The van der Waals surface area contributed by atoms with Gasteiger partial charge in [-0.2, -0.15) is 0 Å². The Morgan fingerprint density at radius 1 is 0.726 bits per heavy atom. The zero-order chi connectivity index (χ0) is 70.3. The van der Waals surface area contributed by atoms with Gasteiger partial charge >= 0.3 is 35.9 Å². The van der Waals surface area contributed by atoms with Gasteiger partial charge in [-0.05, 0) is 44.7 Å². The molecule has 3 heterocycles. The van der Waals surface area contributed by atoms with E-state index in [-0.39, 0.29) is 49.5 Å². The lowest BCUT2D eigenvalue weighted by molar-refractivity contribution is -0.145. The Kier molecular flexibility index (Phi) is 32.8. The summed E-state index contributed by atoms with van der Waals surface area (Å²) in [5, 5.41) is 70.3. The number of rotatable bonds is 41. The van der Waals surface area contributed by atoms with E-state index in [1.807, 2.05) is 23.6 Å². The van der Waals surface area contributed by atoms with Gasteiger partial charge in [0.15, 0.2) is 11.1 Å². The maximum Gasteiger partial charge on any atom is 0.407 e. The minimum atomic E-state index is -2.15. The molecule has 95 heavy (non-hydrogen) atoms. The van der Waals surface area contributed by atoms with E-state index < -0.39 is 153 Å². The van der Waals surface area contributed by atoms with Gasteiger partial charge < -0.3 is 94.5 Å². The summed E-state index contributed by atoms with van der Waals surface area (Å²) in [6.45, 7) is 5.81. The van der Waals surface area contributed by atoms with Gasteiger partial charge in [-0.15, -0.1) is 0 Å². The molecule has 0 bridgehead atoms. The Labute approximate surface area is 557 Å². The molecule has 520 valence electrons. The zero-order valence-corrected chi connectivity index (χ0v) is 54.2. The number of carbonyl (C=O) groups is 13. The van der Waals surface area contributed by atoms with Crippen molar-refractivity contribution in [2.24, 2.45) is 22.4 Å². The number of para-hydroxylation sites is 1. The van der Waals surface area contributed by atoms with Crippen LogP contribution in [0.25, 0.3) is 0 Å². The molecule has 1 fully saturated rings. The molecule has 1 aliphatic heterocycles. The molecule has 1 saturated heterocycles. The SMILES string of the molecule is Cc1nc(Nc2ncc(C(=O)Nc3c(C)cccc3Cl)s2)cc(N2CCN(CCNC(=O)OCCSSC[C@H](NC(=O)[C@H](CC(=O)O)NC(=O)[C@H](CC(=O)O)NC(=O)[C@H](CCCN=C(N)N)NC(=O)[C@H](CC(=O)O)NC(=O)CC[C@H](NC(=O)CON)C(=O)O)C(=O)O)CC2)n1. The van der Waals surface area contributed by atoms with Crippen LogP contribution in [0.1, 0.15) is 66.0 Å². The van der Waals surface area contributed by atoms with E-state index in [9.17, 15) is 87.9 Å². The number of thiazole rings is 1. The third-order valence-electron chi connectivity index (χ3n) is 13.1. The molecule has 8 amide bonds. The molecule has 2 aromatic heterocycles. The number of aliphatic imine (C=N–C) groups is 1. The molecule has 0 unspecified atom stereocenters. The molecule has 4 rings (SSSR count). The average molecular weight is 1410 g/mol. The highest BCUT2D eigenvalue weighted by Crippen LogP contribution is 2.29. The summed E-state index contributed by atoms with van der Waals surface area (Å²) in [5.74, 6) is -10.2. The number of ether oxygens (including phenoxy) is 1. The lowest BCUT2D eigenvalue weighted by atomic mass is 10.1. The van der Waals surface area contributed by atoms with Gasteiger partial charge in [0.1, 0.15) is 71.8 Å². The van der Waals surface area contributed by atoms with Crippen LogP contribution in [0.15, 0.2) is 35.5 Å². The normalized spacial score (nSPS) is 13.9. The van der Waals surface area contributed by atoms with Gasteiger partial charge in [-0.3, -0.25) is 62.7 Å². The smallest absolute Gasteiger partial charge is 0.407 e. The molecular weight excluding hydrogens is 1340 g/mol. The molecule has 0 aliphatic carbocycles. The van der Waals surface area contributed by atoms with Crippen molar-refractivity contribution in [2.45, 2.75) is 95.0 Å². The van der Waals surface area contributed by atoms with Crippen LogP contribution in [-0.4, -0.2) is 235 Å². The van der Waals surface area contributed by atoms with Crippen molar-refractivity contribution < 1.29 is 97.4 Å². The van der Waals surface area contributed by atoms with Crippen molar-refractivity contribution in [1.82, 2.24) is 57.1 Å². The number of guanidine groups is 1. The number of carbonyl (C=O) groups excluding carboxylic acids is 8. The summed E-state index contributed by atoms with van der Waals surface area (Å²) in [4.78, 5) is 190. The summed E-state index contributed by atoms with van der Waals surface area (Å²) < 4.78 is 5.24. The third kappa shape index (κ3) is 28.8. The van der Waals surface area contributed by atoms with Crippen LogP contribution in [0.4, 0.5) is 27.2 Å². The van der Waals surface area contributed by atoms with E-state index in [1.54, 1.807) is 25.1 Å². The minimum absolute atomic E-state index is 0.116. The predicted molar refractivity (Wildman–Crippen MR) is 342 cm³/mol. The van der Waals surface area contributed by atoms with Crippen LogP contribution in [0.5, 0.6) is 0 Å². The molecule has 1 aromatic carbocycles. The number of nitrogens with zero attached hydrogens (tertiary/aromatic N) is 6. The van der Waals surface area contributed by atoms with Crippen molar-refractivity contribution in [1.29, 1.82) is 0 Å². The molecule has 0 spiro atoms. The summed E-state index contributed by atoms with van der Waals surface area (Å²) in [7, 11) is 1.98. The third-order valence-corrected chi connectivity index (χ3v) is 16.7. The van der Waals surface area contributed by atoms with E-state index in [0.717, 1.165) is 38.5 Å². The molecule has 0 saturated carbocycles. The van der Waals surface area contributed by atoms with E-state index in [0.29, 0.717) is 70.9 Å². The molecule has 20 N–H and O–H groups in total. The van der Waals surface area contributed by atoms with Gasteiger partial charge in [-0.1, -0.05) is 56.7 Å². The fourth-order valence-electron chi connectivity index (χ4n) is 8.50. The number of amides is 8. The molecule has 6 atom stereocenters. The highest BCUT2D eigenvalue weighted by atomic mass is 35.5. The molecule has 1 aliphatic rings. The van der Waals surface area contributed by atoms with Gasteiger partial charge in [0.05, 0.1) is 36.2 Å². The van der Waals surface area contributed by atoms with Crippen molar-refractivity contribution in [3.05, 3.63) is 51.7 Å². The molecule has 38 nitrogen and oxygen atoms in total. The monoisotopic (exact) mass is 1410 g/mol. The minimum Gasteiger partial charge on any atom is -0.481 e. The summed E-state index contributed by atoms with van der Waals surface area (Å²) >= 11 is 7.43. The molecule has 42 heteroatoms. The Hall–Kier alpha value is -9.42. The second kappa shape index (κ2) is 40.0. The van der Waals surface area contributed by atoms with Crippen LogP contribution in [-0.2, 0) is 62.3 Å². The second-order valence-corrected chi connectivity index (χ2v) is 24.5. The van der Waals surface area contributed by atoms with Crippen molar-refractivity contribution in [3.63, 3.8) is 0 Å². The van der Waals surface area contributed by atoms with Gasteiger partial charge in [0.2, 0.25) is 35.4 Å². The Morgan fingerprint density at radius 3 is 1.88 bits per heavy atom. The van der Waals surface area contributed by atoms with Gasteiger partial charge in [0.25, 0.3) is 5.91 Å². The maximum atomic E-state index is 13.8. The number of aryl methyl sites for hydroxylation is 2. The lowest BCUT2D eigenvalue weighted by Crippen LogP contribution is -2.59. The number of benzene rings is 1. The number of nitrogens with two attached hydrogens (primary N) is 3. The summed E-state index contributed by atoms with van der Waals surface area (Å²) in [5.41, 5.74) is 12.1. The number of aromatic nitrogens is 3. The predicted octanol–water partition coefficient (Wildman–Crippen LogP) is -2.34. The fraction of sp³-hybridized carbons (Fsp3) is 0.491. The van der Waals surface area contributed by atoms with Crippen LogP contribution in [0.3, 0.4) is 0 Å². The summed E-state index contributed by atoms with van der Waals surface area (Å²) in [6, 6.07) is -4.27.